The van der Waals surface area contributed by atoms with Gasteiger partial charge in [-0.25, -0.2) is 4.98 Å². The molecule has 1 nitrogen and oxygen atoms in total. The Balaban J connectivity index is 2.04. The third kappa shape index (κ3) is 4.22. The van der Waals surface area contributed by atoms with Crippen LogP contribution < -0.4 is 5.19 Å². The van der Waals surface area contributed by atoms with E-state index in [9.17, 15) is 0 Å². The molecule has 106 valence electrons. The Hall–Kier alpha value is -1.06. The summed E-state index contributed by atoms with van der Waals surface area (Å²) in [5, 5.41) is 2.65. The van der Waals surface area contributed by atoms with Gasteiger partial charge in [0.05, 0.1) is 13.1 Å². The Morgan fingerprint density at radius 3 is 2.20 bits per heavy atom. The van der Waals surface area contributed by atoms with Crippen LogP contribution in [0.4, 0.5) is 0 Å². The van der Waals surface area contributed by atoms with Gasteiger partial charge >= 0.3 is 0 Å². The monoisotopic (exact) mass is 301 g/mol. The van der Waals surface area contributed by atoms with Gasteiger partial charge in [-0.15, -0.1) is 11.8 Å². The second-order valence-electron chi connectivity index (χ2n) is 6.36. The number of thioether (sulfide) groups is 1. The minimum absolute atomic E-state index is 0.988. The van der Waals surface area contributed by atoms with E-state index in [4.69, 9.17) is 0 Å². The summed E-state index contributed by atoms with van der Waals surface area (Å²) >= 11 is 1.82. The van der Waals surface area contributed by atoms with E-state index < -0.39 is 8.07 Å². The minimum Gasteiger partial charge on any atom is -0.247 e. The molecule has 0 bridgehead atoms. The molecule has 0 atom stereocenters. The number of hydrogen-bond donors (Lipinski definition) is 0. The van der Waals surface area contributed by atoms with Crippen LogP contribution in [0.1, 0.15) is 16.8 Å². The lowest BCUT2D eigenvalue weighted by Gasteiger charge is -2.16. The number of pyridine rings is 1. The van der Waals surface area contributed by atoms with E-state index in [0.717, 1.165) is 16.5 Å². The zero-order valence-corrected chi connectivity index (χ0v) is 14.8. The van der Waals surface area contributed by atoms with E-state index in [1.54, 1.807) is 0 Å². The number of benzene rings is 1. The van der Waals surface area contributed by atoms with Gasteiger partial charge < -0.3 is 0 Å². The molecule has 0 spiro atoms. The summed E-state index contributed by atoms with van der Waals surface area (Å²) < 4.78 is 0. The molecule has 0 unspecified atom stereocenters. The van der Waals surface area contributed by atoms with Gasteiger partial charge in [0.1, 0.15) is 0 Å². The van der Waals surface area contributed by atoms with Crippen molar-refractivity contribution in [2.24, 2.45) is 0 Å². The summed E-state index contributed by atoms with van der Waals surface area (Å²) in [6, 6.07) is 13.4. The molecule has 0 saturated carbocycles. The van der Waals surface area contributed by atoms with Crippen LogP contribution in [0.3, 0.4) is 0 Å². The standard InChI is InChI=1S/C17H23NSSi/c1-13-10-14(2)18-17(11-13)19-12-15-6-8-16(9-7-15)20(3,4)5/h6-11H,12H2,1-5H3. The predicted octanol–water partition coefficient (Wildman–Crippen LogP) is 4.54. The Labute approximate surface area is 127 Å². The molecule has 0 aliphatic rings. The van der Waals surface area contributed by atoms with Crippen LogP contribution in [0, 0.1) is 13.8 Å². The second-order valence-corrected chi connectivity index (χ2v) is 12.4. The van der Waals surface area contributed by atoms with E-state index >= 15 is 0 Å². The van der Waals surface area contributed by atoms with Crippen molar-refractivity contribution >= 4 is 25.0 Å². The highest BCUT2D eigenvalue weighted by Gasteiger charge is 2.15. The zero-order chi connectivity index (χ0) is 14.8. The third-order valence-electron chi connectivity index (χ3n) is 3.28. The summed E-state index contributed by atoms with van der Waals surface area (Å²) in [5.41, 5.74) is 3.76. The molecular weight excluding hydrogens is 278 g/mol. The first kappa shape index (κ1) is 15.3. The fraction of sp³-hybridized carbons (Fsp3) is 0.353. The molecule has 0 aliphatic carbocycles. The Morgan fingerprint density at radius 2 is 1.65 bits per heavy atom. The van der Waals surface area contributed by atoms with E-state index in [-0.39, 0.29) is 0 Å². The molecule has 0 saturated heterocycles. The molecule has 0 fully saturated rings. The van der Waals surface area contributed by atoms with Crippen molar-refractivity contribution in [3.05, 3.63) is 53.2 Å². The molecule has 0 amide bonds. The Kier molecular flexibility index (Phi) is 4.71. The highest BCUT2D eigenvalue weighted by molar-refractivity contribution is 7.98. The molecule has 1 heterocycles. The lowest BCUT2D eigenvalue weighted by molar-refractivity contribution is 1.05. The Morgan fingerprint density at radius 1 is 1.00 bits per heavy atom. The SMILES string of the molecule is Cc1cc(C)nc(SCc2ccc([Si](C)(C)C)cc2)c1. The maximum Gasteiger partial charge on any atom is 0.0968 e. The predicted molar refractivity (Wildman–Crippen MR) is 92.7 cm³/mol. The molecule has 1 aromatic heterocycles. The van der Waals surface area contributed by atoms with Crippen LogP contribution in [-0.2, 0) is 5.75 Å². The second kappa shape index (κ2) is 6.14. The minimum atomic E-state index is -1.18. The third-order valence-corrected chi connectivity index (χ3v) is 6.33. The van der Waals surface area contributed by atoms with Crippen molar-refractivity contribution in [1.29, 1.82) is 0 Å². The smallest absolute Gasteiger partial charge is 0.0968 e. The van der Waals surface area contributed by atoms with Gasteiger partial charge in [-0.05, 0) is 37.1 Å². The fourth-order valence-electron chi connectivity index (χ4n) is 2.14. The molecule has 20 heavy (non-hydrogen) atoms. The fourth-order valence-corrected chi connectivity index (χ4v) is 4.29. The first-order chi connectivity index (χ1) is 9.34. The van der Waals surface area contributed by atoms with Crippen LogP contribution in [-0.4, -0.2) is 13.1 Å². The Bertz CT molecular complexity index is 565. The van der Waals surface area contributed by atoms with Gasteiger partial charge in [-0.1, -0.05) is 49.1 Å². The van der Waals surface area contributed by atoms with Crippen LogP contribution in [0.5, 0.6) is 0 Å². The van der Waals surface area contributed by atoms with Crippen molar-refractivity contribution in [3.63, 3.8) is 0 Å². The summed E-state index contributed by atoms with van der Waals surface area (Å²) in [4.78, 5) is 4.58. The van der Waals surface area contributed by atoms with Gasteiger partial charge in [-0.3, -0.25) is 0 Å². The summed E-state index contributed by atoms with van der Waals surface area (Å²) in [7, 11) is -1.18. The van der Waals surface area contributed by atoms with Gasteiger partial charge in [-0.2, -0.15) is 0 Å². The molecule has 0 radical (unpaired) electrons. The van der Waals surface area contributed by atoms with Crippen molar-refractivity contribution in [2.75, 3.05) is 0 Å². The lowest BCUT2D eigenvalue weighted by Crippen LogP contribution is -2.37. The van der Waals surface area contributed by atoms with Gasteiger partial charge in [0.25, 0.3) is 0 Å². The number of aromatic nitrogens is 1. The summed E-state index contributed by atoms with van der Waals surface area (Å²) in [5.74, 6) is 0.988. The normalized spacial score (nSPS) is 11.7. The number of aryl methyl sites for hydroxylation is 2. The average molecular weight is 302 g/mol. The molecule has 1 aromatic carbocycles. The van der Waals surface area contributed by atoms with Crippen LogP contribution in [0.2, 0.25) is 19.6 Å². The first-order valence-corrected chi connectivity index (χ1v) is 11.5. The van der Waals surface area contributed by atoms with Gasteiger partial charge in [0.2, 0.25) is 0 Å². The number of hydrogen-bond acceptors (Lipinski definition) is 2. The summed E-state index contributed by atoms with van der Waals surface area (Å²) in [6.07, 6.45) is 0. The maximum atomic E-state index is 4.58. The highest BCUT2D eigenvalue weighted by atomic mass is 32.2. The van der Waals surface area contributed by atoms with Crippen molar-refractivity contribution in [2.45, 2.75) is 44.3 Å². The molecule has 3 heteroatoms. The van der Waals surface area contributed by atoms with Crippen molar-refractivity contribution in [1.82, 2.24) is 4.98 Å². The quantitative estimate of drug-likeness (QED) is 0.607. The molecular formula is C17H23NSSi. The van der Waals surface area contributed by atoms with Crippen LogP contribution >= 0.6 is 11.8 Å². The first-order valence-electron chi connectivity index (χ1n) is 7.02. The molecule has 0 N–H and O–H groups in total. The van der Waals surface area contributed by atoms with Gasteiger partial charge in [0.15, 0.2) is 0 Å². The van der Waals surface area contributed by atoms with E-state index in [0.29, 0.717) is 0 Å². The van der Waals surface area contributed by atoms with E-state index in [1.807, 2.05) is 11.8 Å². The van der Waals surface area contributed by atoms with Crippen molar-refractivity contribution < 1.29 is 0 Å². The largest absolute Gasteiger partial charge is 0.247 e. The maximum absolute atomic E-state index is 4.58. The number of nitrogens with zero attached hydrogens (tertiary/aromatic N) is 1. The molecule has 0 aliphatic heterocycles. The average Bonchev–Trinajstić information content (AvgIpc) is 2.35. The van der Waals surface area contributed by atoms with Crippen molar-refractivity contribution in [3.8, 4) is 0 Å². The van der Waals surface area contributed by atoms with E-state index in [2.05, 4.69) is 74.9 Å². The number of rotatable bonds is 4. The van der Waals surface area contributed by atoms with Crippen LogP contribution in [0.15, 0.2) is 41.4 Å². The van der Waals surface area contributed by atoms with Gasteiger partial charge in [0, 0.05) is 11.4 Å². The zero-order valence-electron chi connectivity index (χ0n) is 13.0. The van der Waals surface area contributed by atoms with Crippen LogP contribution in [0.25, 0.3) is 0 Å². The topological polar surface area (TPSA) is 12.9 Å². The molecule has 2 aromatic rings. The lowest BCUT2D eigenvalue weighted by atomic mass is 10.2. The highest BCUT2D eigenvalue weighted by Crippen LogP contribution is 2.22. The van der Waals surface area contributed by atoms with E-state index in [1.165, 1.54) is 16.3 Å². The molecule has 2 rings (SSSR count). The summed E-state index contributed by atoms with van der Waals surface area (Å²) in [6.45, 7) is 11.3.